The Kier molecular flexibility index (Phi) is 3.68. The van der Waals surface area contributed by atoms with Gasteiger partial charge in [-0.2, -0.15) is 0 Å². The third-order valence-electron chi connectivity index (χ3n) is 4.45. The normalized spacial score (nSPS) is 27.4. The zero-order chi connectivity index (χ0) is 10.7. The van der Waals surface area contributed by atoms with Gasteiger partial charge < -0.3 is 10.2 Å². The smallest absolute Gasteiger partial charge is 0.000356 e. The van der Waals surface area contributed by atoms with Gasteiger partial charge in [0.1, 0.15) is 0 Å². The molecule has 0 aromatic rings. The molecule has 2 rings (SSSR count). The van der Waals surface area contributed by atoms with Crippen molar-refractivity contribution < 1.29 is 0 Å². The maximum absolute atomic E-state index is 3.49. The van der Waals surface area contributed by atoms with Gasteiger partial charge in [0.05, 0.1) is 0 Å². The van der Waals surface area contributed by atoms with E-state index in [2.05, 4.69) is 24.3 Å². The Morgan fingerprint density at radius 1 is 1.07 bits per heavy atom. The standard InChI is InChI=1S/C13H26N2/c1-15(2)11-12-3-5-13(6-4-12)7-9-14-10-8-13/h12,14H,3-11H2,1-2H3. The van der Waals surface area contributed by atoms with Crippen LogP contribution < -0.4 is 5.32 Å². The lowest BCUT2D eigenvalue weighted by Gasteiger charge is -2.43. The van der Waals surface area contributed by atoms with Crippen molar-refractivity contribution in [3.8, 4) is 0 Å². The zero-order valence-electron chi connectivity index (χ0n) is 10.4. The van der Waals surface area contributed by atoms with E-state index in [1.54, 1.807) is 0 Å². The summed E-state index contributed by atoms with van der Waals surface area (Å²) in [4.78, 5) is 2.35. The fraction of sp³-hybridized carbons (Fsp3) is 1.00. The number of nitrogens with zero attached hydrogens (tertiary/aromatic N) is 1. The molecule has 2 heteroatoms. The first-order chi connectivity index (χ1) is 7.20. The molecule has 1 saturated carbocycles. The molecule has 1 spiro atoms. The van der Waals surface area contributed by atoms with Crippen molar-refractivity contribution in [2.75, 3.05) is 33.7 Å². The molecule has 15 heavy (non-hydrogen) atoms. The van der Waals surface area contributed by atoms with E-state index in [0.717, 1.165) is 11.3 Å². The Morgan fingerprint density at radius 3 is 2.20 bits per heavy atom. The number of nitrogens with one attached hydrogen (secondary N) is 1. The molecule has 0 bridgehead atoms. The lowest BCUT2D eigenvalue weighted by molar-refractivity contribution is 0.0953. The van der Waals surface area contributed by atoms with Crippen molar-refractivity contribution in [2.24, 2.45) is 11.3 Å². The summed E-state index contributed by atoms with van der Waals surface area (Å²) in [6.45, 7) is 3.82. The van der Waals surface area contributed by atoms with Gasteiger partial charge in [0, 0.05) is 6.54 Å². The lowest BCUT2D eigenvalue weighted by Crippen LogP contribution is -2.40. The van der Waals surface area contributed by atoms with Gasteiger partial charge >= 0.3 is 0 Å². The fourth-order valence-electron chi connectivity index (χ4n) is 3.45. The Bertz CT molecular complexity index is 185. The first kappa shape index (κ1) is 11.4. The molecule has 1 aliphatic carbocycles. The van der Waals surface area contributed by atoms with Crippen molar-refractivity contribution >= 4 is 0 Å². The highest BCUT2D eigenvalue weighted by molar-refractivity contribution is 4.89. The summed E-state index contributed by atoms with van der Waals surface area (Å²) in [5.41, 5.74) is 0.744. The van der Waals surface area contributed by atoms with Gasteiger partial charge in [-0.05, 0) is 77.0 Å². The van der Waals surface area contributed by atoms with E-state index in [1.807, 2.05) is 0 Å². The molecule has 0 radical (unpaired) electrons. The second-order valence-electron chi connectivity index (χ2n) is 5.96. The molecule has 2 fully saturated rings. The summed E-state index contributed by atoms with van der Waals surface area (Å²) in [6.07, 6.45) is 8.79. The molecular formula is C13H26N2. The summed E-state index contributed by atoms with van der Waals surface area (Å²) in [5.74, 6) is 0.973. The summed E-state index contributed by atoms with van der Waals surface area (Å²) in [5, 5.41) is 3.49. The van der Waals surface area contributed by atoms with Crippen LogP contribution in [0.25, 0.3) is 0 Å². The predicted octanol–water partition coefficient (Wildman–Crippen LogP) is 2.11. The first-order valence-corrected chi connectivity index (χ1v) is 6.56. The van der Waals surface area contributed by atoms with Crippen LogP contribution in [0, 0.1) is 11.3 Å². The minimum absolute atomic E-state index is 0.744. The third kappa shape index (κ3) is 2.94. The molecule has 0 amide bonds. The van der Waals surface area contributed by atoms with Crippen LogP contribution in [0.4, 0.5) is 0 Å². The second kappa shape index (κ2) is 4.84. The van der Waals surface area contributed by atoms with Gasteiger partial charge in [0.25, 0.3) is 0 Å². The van der Waals surface area contributed by atoms with Crippen LogP contribution in [-0.4, -0.2) is 38.6 Å². The van der Waals surface area contributed by atoms with Crippen molar-refractivity contribution in [1.82, 2.24) is 10.2 Å². The van der Waals surface area contributed by atoms with E-state index >= 15 is 0 Å². The molecule has 0 atom stereocenters. The number of hydrogen-bond acceptors (Lipinski definition) is 2. The Hall–Kier alpha value is -0.0800. The highest BCUT2D eigenvalue weighted by Crippen LogP contribution is 2.44. The molecular weight excluding hydrogens is 184 g/mol. The average molecular weight is 210 g/mol. The molecule has 2 aliphatic rings. The number of rotatable bonds is 2. The SMILES string of the molecule is CN(C)CC1CCC2(CCNCC2)CC1. The van der Waals surface area contributed by atoms with Gasteiger partial charge in [-0.3, -0.25) is 0 Å². The van der Waals surface area contributed by atoms with Crippen LogP contribution in [-0.2, 0) is 0 Å². The maximum Gasteiger partial charge on any atom is 0.000356 e. The Labute approximate surface area is 94.4 Å². The van der Waals surface area contributed by atoms with E-state index in [4.69, 9.17) is 0 Å². The van der Waals surface area contributed by atoms with E-state index in [0.29, 0.717) is 0 Å². The van der Waals surface area contributed by atoms with Gasteiger partial charge in [-0.1, -0.05) is 0 Å². The van der Waals surface area contributed by atoms with Crippen LogP contribution in [0.3, 0.4) is 0 Å². The molecule has 0 aromatic carbocycles. The molecule has 0 unspecified atom stereocenters. The van der Waals surface area contributed by atoms with E-state index in [-0.39, 0.29) is 0 Å². The van der Waals surface area contributed by atoms with Crippen LogP contribution in [0.5, 0.6) is 0 Å². The summed E-state index contributed by atoms with van der Waals surface area (Å²) < 4.78 is 0. The molecule has 0 aromatic heterocycles. The predicted molar refractivity (Wildman–Crippen MR) is 65.0 cm³/mol. The minimum atomic E-state index is 0.744. The molecule has 88 valence electrons. The minimum Gasteiger partial charge on any atom is -0.317 e. The highest BCUT2D eigenvalue weighted by Gasteiger charge is 2.35. The van der Waals surface area contributed by atoms with Crippen LogP contribution >= 0.6 is 0 Å². The monoisotopic (exact) mass is 210 g/mol. The molecule has 1 N–H and O–H groups in total. The van der Waals surface area contributed by atoms with E-state index < -0.39 is 0 Å². The number of hydrogen-bond donors (Lipinski definition) is 1. The first-order valence-electron chi connectivity index (χ1n) is 6.56. The number of piperidine rings is 1. The summed E-state index contributed by atoms with van der Waals surface area (Å²) in [7, 11) is 4.41. The van der Waals surface area contributed by atoms with Gasteiger partial charge in [-0.25, -0.2) is 0 Å². The molecule has 2 nitrogen and oxygen atoms in total. The van der Waals surface area contributed by atoms with Crippen molar-refractivity contribution in [3.05, 3.63) is 0 Å². The van der Waals surface area contributed by atoms with Crippen molar-refractivity contribution in [3.63, 3.8) is 0 Å². The molecule has 1 saturated heterocycles. The zero-order valence-corrected chi connectivity index (χ0v) is 10.4. The molecule has 1 heterocycles. The van der Waals surface area contributed by atoms with Crippen LogP contribution in [0.2, 0.25) is 0 Å². The lowest BCUT2D eigenvalue weighted by atomic mass is 9.66. The second-order valence-corrected chi connectivity index (χ2v) is 5.96. The topological polar surface area (TPSA) is 15.3 Å². The van der Waals surface area contributed by atoms with Crippen molar-refractivity contribution in [2.45, 2.75) is 38.5 Å². The van der Waals surface area contributed by atoms with Crippen LogP contribution in [0.15, 0.2) is 0 Å². The Morgan fingerprint density at radius 2 is 1.67 bits per heavy atom. The highest BCUT2D eigenvalue weighted by atomic mass is 15.1. The average Bonchev–Trinajstić information content (AvgIpc) is 2.23. The Balaban J connectivity index is 1.80. The van der Waals surface area contributed by atoms with Crippen molar-refractivity contribution in [1.29, 1.82) is 0 Å². The largest absolute Gasteiger partial charge is 0.317 e. The maximum atomic E-state index is 3.49. The van der Waals surface area contributed by atoms with Gasteiger partial charge in [0.15, 0.2) is 0 Å². The van der Waals surface area contributed by atoms with E-state index in [1.165, 1.54) is 58.2 Å². The molecule has 1 aliphatic heterocycles. The summed E-state index contributed by atoms with van der Waals surface area (Å²) >= 11 is 0. The quantitative estimate of drug-likeness (QED) is 0.751. The third-order valence-corrected chi connectivity index (χ3v) is 4.45. The fourth-order valence-corrected chi connectivity index (χ4v) is 3.45. The van der Waals surface area contributed by atoms with E-state index in [9.17, 15) is 0 Å². The van der Waals surface area contributed by atoms with Gasteiger partial charge in [0.2, 0.25) is 0 Å². The van der Waals surface area contributed by atoms with Crippen LogP contribution in [0.1, 0.15) is 38.5 Å². The van der Waals surface area contributed by atoms with Gasteiger partial charge in [-0.15, -0.1) is 0 Å². The summed E-state index contributed by atoms with van der Waals surface area (Å²) in [6, 6.07) is 0.